The molecule has 1 aliphatic heterocycles. The fourth-order valence-corrected chi connectivity index (χ4v) is 2.22. The summed E-state index contributed by atoms with van der Waals surface area (Å²) in [5.41, 5.74) is -0.573. The Hall–Kier alpha value is -0.610. The molecule has 0 spiro atoms. The van der Waals surface area contributed by atoms with E-state index in [1.165, 1.54) is 0 Å². The number of carbonyl (C=O) groups is 1. The van der Waals surface area contributed by atoms with E-state index in [0.717, 1.165) is 32.5 Å². The van der Waals surface area contributed by atoms with Gasteiger partial charge >= 0.3 is 5.97 Å². The van der Waals surface area contributed by atoms with Crippen molar-refractivity contribution in [2.75, 3.05) is 32.8 Å². The number of piperidine rings is 1. The lowest BCUT2D eigenvalue weighted by Crippen LogP contribution is -2.47. The van der Waals surface area contributed by atoms with Gasteiger partial charge in [-0.15, -0.1) is 0 Å². The van der Waals surface area contributed by atoms with Crippen LogP contribution in [0.4, 0.5) is 0 Å². The van der Waals surface area contributed by atoms with Gasteiger partial charge in [0.15, 0.2) is 0 Å². The first-order valence-corrected chi connectivity index (χ1v) is 6.47. The van der Waals surface area contributed by atoms with Gasteiger partial charge in [0.05, 0.1) is 12.0 Å². The molecule has 1 rings (SSSR count). The van der Waals surface area contributed by atoms with E-state index in [1.807, 2.05) is 6.92 Å². The maximum Gasteiger partial charge on any atom is 0.310 e. The van der Waals surface area contributed by atoms with Crippen LogP contribution in [0.5, 0.6) is 0 Å². The van der Waals surface area contributed by atoms with Gasteiger partial charge in [0.2, 0.25) is 0 Å². The van der Waals surface area contributed by atoms with Crippen molar-refractivity contribution in [2.45, 2.75) is 33.6 Å². The van der Waals surface area contributed by atoms with Gasteiger partial charge in [0, 0.05) is 19.7 Å². The van der Waals surface area contributed by atoms with Gasteiger partial charge in [0.1, 0.15) is 0 Å². The second-order valence-electron chi connectivity index (χ2n) is 5.71. The monoisotopic (exact) mass is 243 g/mol. The molecule has 0 radical (unpaired) electrons. The average molecular weight is 243 g/mol. The van der Waals surface area contributed by atoms with Crippen molar-refractivity contribution in [3.05, 3.63) is 0 Å². The summed E-state index contributed by atoms with van der Waals surface area (Å²) in [6.07, 6.45) is 1.75. The predicted molar refractivity (Wildman–Crippen MR) is 67.1 cm³/mol. The van der Waals surface area contributed by atoms with Gasteiger partial charge in [0.25, 0.3) is 0 Å². The molecule has 100 valence electrons. The number of rotatable bonds is 6. The number of hydrogen-bond acceptors (Lipinski definition) is 3. The molecule has 1 aliphatic rings. The van der Waals surface area contributed by atoms with E-state index in [1.54, 1.807) is 0 Å². The maximum absolute atomic E-state index is 11.2. The van der Waals surface area contributed by atoms with E-state index in [-0.39, 0.29) is 0 Å². The SMILES string of the molecule is CC(C)COCCN1CCCC(C)(C(=O)O)C1. The van der Waals surface area contributed by atoms with Gasteiger partial charge in [-0.25, -0.2) is 0 Å². The molecule has 0 aromatic carbocycles. The summed E-state index contributed by atoms with van der Waals surface area (Å²) in [7, 11) is 0. The molecular formula is C13H25NO3. The van der Waals surface area contributed by atoms with Crippen molar-refractivity contribution in [1.82, 2.24) is 4.90 Å². The lowest BCUT2D eigenvalue weighted by atomic mass is 9.82. The Balaban J connectivity index is 2.28. The van der Waals surface area contributed by atoms with E-state index >= 15 is 0 Å². The van der Waals surface area contributed by atoms with Crippen LogP contribution in [0.15, 0.2) is 0 Å². The van der Waals surface area contributed by atoms with Gasteiger partial charge in [-0.1, -0.05) is 13.8 Å². The van der Waals surface area contributed by atoms with E-state index in [4.69, 9.17) is 4.74 Å². The Bertz CT molecular complexity index is 255. The average Bonchev–Trinajstić information content (AvgIpc) is 2.24. The highest BCUT2D eigenvalue weighted by Gasteiger charge is 2.37. The summed E-state index contributed by atoms with van der Waals surface area (Å²) < 4.78 is 5.54. The number of carboxylic acids is 1. The van der Waals surface area contributed by atoms with Gasteiger partial charge < -0.3 is 9.84 Å². The Morgan fingerprint density at radius 2 is 2.24 bits per heavy atom. The Morgan fingerprint density at radius 3 is 2.82 bits per heavy atom. The number of ether oxygens (including phenoxy) is 1. The van der Waals surface area contributed by atoms with Crippen molar-refractivity contribution >= 4 is 5.97 Å². The Morgan fingerprint density at radius 1 is 1.53 bits per heavy atom. The lowest BCUT2D eigenvalue weighted by Gasteiger charge is -2.37. The molecule has 0 aromatic heterocycles. The summed E-state index contributed by atoms with van der Waals surface area (Å²) >= 11 is 0. The molecule has 4 heteroatoms. The zero-order chi connectivity index (χ0) is 12.9. The van der Waals surface area contributed by atoms with Crippen molar-refractivity contribution in [2.24, 2.45) is 11.3 Å². The molecule has 0 aliphatic carbocycles. The second-order valence-corrected chi connectivity index (χ2v) is 5.71. The molecule has 1 N–H and O–H groups in total. The van der Waals surface area contributed by atoms with Crippen molar-refractivity contribution in [3.8, 4) is 0 Å². The zero-order valence-corrected chi connectivity index (χ0v) is 11.2. The number of aliphatic carboxylic acids is 1. The van der Waals surface area contributed by atoms with Crippen LogP contribution in [0.3, 0.4) is 0 Å². The van der Waals surface area contributed by atoms with Crippen molar-refractivity contribution < 1.29 is 14.6 Å². The molecule has 0 bridgehead atoms. The van der Waals surface area contributed by atoms with Gasteiger partial charge in [-0.05, 0) is 32.2 Å². The molecular weight excluding hydrogens is 218 g/mol. The summed E-state index contributed by atoms with van der Waals surface area (Å²) in [6, 6.07) is 0. The second kappa shape index (κ2) is 6.36. The summed E-state index contributed by atoms with van der Waals surface area (Å²) in [5.74, 6) is -0.119. The van der Waals surface area contributed by atoms with Crippen molar-refractivity contribution in [1.29, 1.82) is 0 Å². The minimum atomic E-state index is -0.676. The minimum Gasteiger partial charge on any atom is -0.481 e. The van der Waals surface area contributed by atoms with E-state index < -0.39 is 11.4 Å². The molecule has 1 saturated heterocycles. The third-order valence-corrected chi connectivity index (χ3v) is 3.29. The molecule has 1 heterocycles. The first kappa shape index (κ1) is 14.5. The number of carboxylic acid groups (broad SMARTS) is 1. The highest BCUT2D eigenvalue weighted by Crippen LogP contribution is 2.29. The highest BCUT2D eigenvalue weighted by atomic mass is 16.5. The smallest absolute Gasteiger partial charge is 0.310 e. The third kappa shape index (κ3) is 4.64. The first-order valence-electron chi connectivity index (χ1n) is 6.47. The standard InChI is InChI=1S/C13H25NO3/c1-11(2)9-17-8-7-14-6-4-5-13(3,10-14)12(15)16/h11H,4-10H2,1-3H3,(H,15,16). The summed E-state index contributed by atoms with van der Waals surface area (Å²) in [5, 5.41) is 9.20. The predicted octanol–water partition coefficient (Wildman–Crippen LogP) is 1.85. The summed E-state index contributed by atoms with van der Waals surface area (Å²) in [6.45, 7) is 10.1. The van der Waals surface area contributed by atoms with Crippen LogP contribution in [0.1, 0.15) is 33.6 Å². The molecule has 0 amide bonds. The van der Waals surface area contributed by atoms with E-state index in [9.17, 15) is 9.90 Å². The van der Waals surface area contributed by atoms with Crippen LogP contribution < -0.4 is 0 Å². The number of likely N-dealkylation sites (tertiary alicyclic amines) is 1. The van der Waals surface area contributed by atoms with E-state index in [2.05, 4.69) is 18.7 Å². The maximum atomic E-state index is 11.2. The molecule has 1 unspecified atom stereocenters. The van der Waals surface area contributed by atoms with Gasteiger partial charge in [-0.3, -0.25) is 9.69 Å². The minimum absolute atomic E-state index is 0.556. The zero-order valence-electron chi connectivity index (χ0n) is 11.2. The molecule has 0 saturated carbocycles. The highest BCUT2D eigenvalue weighted by molar-refractivity contribution is 5.74. The van der Waals surface area contributed by atoms with Crippen LogP contribution in [-0.4, -0.2) is 48.8 Å². The first-order chi connectivity index (χ1) is 7.94. The van der Waals surface area contributed by atoms with Crippen LogP contribution in [0.2, 0.25) is 0 Å². The molecule has 1 atom stereocenters. The Labute approximate surface area is 104 Å². The summed E-state index contributed by atoms with van der Waals surface area (Å²) in [4.78, 5) is 13.4. The largest absolute Gasteiger partial charge is 0.481 e. The number of hydrogen-bond donors (Lipinski definition) is 1. The third-order valence-electron chi connectivity index (χ3n) is 3.29. The normalized spacial score (nSPS) is 26.4. The molecule has 0 aromatic rings. The molecule has 4 nitrogen and oxygen atoms in total. The van der Waals surface area contributed by atoms with Gasteiger partial charge in [-0.2, -0.15) is 0 Å². The van der Waals surface area contributed by atoms with Crippen LogP contribution >= 0.6 is 0 Å². The quantitative estimate of drug-likeness (QED) is 0.723. The van der Waals surface area contributed by atoms with Crippen LogP contribution in [0, 0.1) is 11.3 Å². The van der Waals surface area contributed by atoms with Crippen LogP contribution in [-0.2, 0) is 9.53 Å². The molecule has 17 heavy (non-hydrogen) atoms. The fourth-order valence-electron chi connectivity index (χ4n) is 2.22. The fraction of sp³-hybridized carbons (Fsp3) is 0.923. The Kier molecular flexibility index (Phi) is 5.40. The van der Waals surface area contributed by atoms with Crippen LogP contribution in [0.25, 0.3) is 0 Å². The topological polar surface area (TPSA) is 49.8 Å². The molecule has 1 fully saturated rings. The lowest BCUT2D eigenvalue weighted by molar-refractivity contribution is -0.151. The van der Waals surface area contributed by atoms with E-state index in [0.29, 0.717) is 19.1 Å². The number of nitrogens with zero attached hydrogens (tertiary/aromatic N) is 1. The van der Waals surface area contributed by atoms with Crippen molar-refractivity contribution in [3.63, 3.8) is 0 Å².